The molecule has 1 N–H and O–H groups in total. The molecular formula is C22H15ClFNO4S. The minimum atomic E-state index is -1.15. The molecule has 0 aliphatic carbocycles. The second-order valence-corrected chi connectivity index (χ2v) is 7.84. The summed E-state index contributed by atoms with van der Waals surface area (Å²) < 4.78 is 19.9. The van der Waals surface area contributed by atoms with Crippen LogP contribution in [0.25, 0.3) is 0 Å². The van der Waals surface area contributed by atoms with Crippen LogP contribution in [0.2, 0.25) is 5.02 Å². The fourth-order valence-electron chi connectivity index (χ4n) is 3.44. The first kappa shape index (κ1) is 20.1. The van der Waals surface area contributed by atoms with Crippen molar-refractivity contribution in [3.05, 3.63) is 92.6 Å². The Labute approximate surface area is 180 Å². The summed E-state index contributed by atoms with van der Waals surface area (Å²) in [5.74, 6) is -2.28. The molecule has 2 aromatic carbocycles. The van der Waals surface area contributed by atoms with E-state index in [0.717, 1.165) is 0 Å². The van der Waals surface area contributed by atoms with Gasteiger partial charge in [-0.05, 0) is 35.7 Å². The number of rotatable bonds is 5. The van der Waals surface area contributed by atoms with E-state index >= 15 is 0 Å². The molecule has 0 fully saturated rings. The summed E-state index contributed by atoms with van der Waals surface area (Å²) in [6, 6.07) is 12.5. The van der Waals surface area contributed by atoms with Gasteiger partial charge >= 0.3 is 0 Å². The number of nitrogens with zero attached hydrogens (tertiary/aromatic N) is 1. The second kappa shape index (κ2) is 7.93. The fourth-order valence-corrected chi connectivity index (χ4v) is 4.37. The Morgan fingerprint density at radius 1 is 1.20 bits per heavy atom. The number of hydrogen-bond donors (Lipinski definition) is 1. The molecule has 0 saturated carbocycles. The summed E-state index contributed by atoms with van der Waals surface area (Å²) in [7, 11) is 1.45. The number of aliphatic hydroxyl groups is 1. The third-order valence-electron chi connectivity index (χ3n) is 4.81. The number of ether oxygens (including phenoxy) is 1. The maximum absolute atomic E-state index is 14.8. The van der Waals surface area contributed by atoms with Gasteiger partial charge in [-0.3, -0.25) is 14.5 Å². The molecule has 3 aromatic rings. The smallest absolute Gasteiger partial charge is 0.294 e. The number of halogens is 2. The average molecular weight is 444 g/mol. The maximum atomic E-state index is 14.8. The number of carbonyl (C=O) groups is 2. The van der Waals surface area contributed by atoms with E-state index in [9.17, 15) is 19.1 Å². The number of Topliss-reactive ketones (excluding diaryl/α,β-unsaturated/α-hetero) is 1. The van der Waals surface area contributed by atoms with E-state index in [4.69, 9.17) is 16.3 Å². The van der Waals surface area contributed by atoms with Gasteiger partial charge in [-0.15, -0.1) is 11.3 Å². The van der Waals surface area contributed by atoms with Crippen molar-refractivity contribution in [3.63, 3.8) is 0 Å². The number of amides is 1. The van der Waals surface area contributed by atoms with Crippen molar-refractivity contribution in [2.45, 2.75) is 6.04 Å². The van der Waals surface area contributed by atoms with Crippen molar-refractivity contribution in [1.29, 1.82) is 0 Å². The van der Waals surface area contributed by atoms with Crippen LogP contribution in [-0.4, -0.2) is 23.9 Å². The third kappa shape index (κ3) is 3.26. The highest BCUT2D eigenvalue weighted by molar-refractivity contribution is 7.12. The fraction of sp³-hybridized carbons (Fsp3) is 0.0909. The first-order valence-corrected chi connectivity index (χ1v) is 10.1. The monoisotopic (exact) mass is 443 g/mol. The molecule has 1 atom stereocenters. The maximum Gasteiger partial charge on any atom is 0.294 e. The quantitative estimate of drug-likeness (QED) is 0.541. The molecule has 0 spiro atoms. The topological polar surface area (TPSA) is 66.8 Å². The van der Waals surface area contributed by atoms with Gasteiger partial charge in [0.25, 0.3) is 5.91 Å². The van der Waals surface area contributed by atoms with Crippen molar-refractivity contribution in [1.82, 2.24) is 0 Å². The zero-order valence-electron chi connectivity index (χ0n) is 15.6. The number of ketones is 1. The van der Waals surface area contributed by atoms with E-state index in [1.807, 2.05) is 0 Å². The number of hydrogen-bond acceptors (Lipinski definition) is 5. The Hall–Kier alpha value is -3.16. The number of anilines is 1. The largest absolute Gasteiger partial charge is 0.503 e. The average Bonchev–Trinajstić information content (AvgIpc) is 3.36. The van der Waals surface area contributed by atoms with E-state index < -0.39 is 29.3 Å². The van der Waals surface area contributed by atoms with Crippen LogP contribution < -0.4 is 9.64 Å². The van der Waals surface area contributed by atoms with Gasteiger partial charge in [0.15, 0.2) is 5.76 Å². The molecule has 2 heterocycles. The Morgan fingerprint density at radius 3 is 2.60 bits per heavy atom. The summed E-state index contributed by atoms with van der Waals surface area (Å²) in [6.07, 6.45) is 0. The number of methoxy groups -OCH3 is 1. The van der Waals surface area contributed by atoms with Gasteiger partial charge in [0.1, 0.15) is 11.6 Å². The van der Waals surface area contributed by atoms with Crippen LogP contribution in [0.3, 0.4) is 0 Å². The molecule has 1 unspecified atom stereocenters. The first-order valence-electron chi connectivity index (χ1n) is 8.87. The molecular weight excluding hydrogens is 429 g/mol. The minimum Gasteiger partial charge on any atom is -0.503 e. The number of carbonyl (C=O) groups excluding carboxylic acids is 2. The zero-order valence-corrected chi connectivity index (χ0v) is 17.2. The Bertz CT molecular complexity index is 1180. The van der Waals surface area contributed by atoms with Gasteiger partial charge in [-0.2, -0.15) is 0 Å². The van der Waals surface area contributed by atoms with E-state index in [2.05, 4.69) is 0 Å². The normalized spacial score (nSPS) is 16.3. The van der Waals surface area contributed by atoms with E-state index in [-0.39, 0.29) is 16.2 Å². The van der Waals surface area contributed by atoms with Gasteiger partial charge in [-0.1, -0.05) is 35.9 Å². The lowest BCUT2D eigenvalue weighted by molar-refractivity contribution is -0.117. The standard InChI is InChI=1S/C22H15ClFNO4S/c1-29-16-9-8-12(11-14(16)23)25-19(13-5-2-3-6-15(13)24)18(21(27)22(25)28)20(26)17-7-4-10-30-17/h2-11,19,27H,1H3. The van der Waals surface area contributed by atoms with Gasteiger partial charge in [0.2, 0.25) is 5.78 Å². The summed E-state index contributed by atoms with van der Waals surface area (Å²) in [4.78, 5) is 27.7. The van der Waals surface area contributed by atoms with Crippen LogP contribution in [0.15, 0.2) is 71.3 Å². The Morgan fingerprint density at radius 2 is 1.97 bits per heavy atom. The van der Waals surface area contributed by atoms with E-state index in [1.54, 1.807) is 35.7 Å². The molecule has 0 bridgehead atoms. The SMILES string of the molecule is COc1ccc(N2C(=O)C(O)=C(C(=O)c3cccs3)C2c2ccccc2F)cc1Cl. The van der Waals surface area contributed by atoms with Gasteiger partial charge < -0.3 is 9.84 Å². The minimum absolute atomic E-state index is 0.0850. The molecule has 5 nitrogen and oxygen atoms in total. The van der Waals surface area contributed by atoms with Gasteiger partial charge in [0, 0.05) is 11.3 Å². The Balaban J connectivity index is 1.90. The van der Waals surface area contributed by atoms with Crippen molar-refractivity contribution >= 4 is 40.3 Å². The lowest BCUT2D eigenvalue weighted by atomic mass is 9.94. The van der Waals surface area contributed by atoms with Crippen LogP contribution in [0.4, 0.5) is 10.1 Å². The predicted molar refractivity (Wildman–Crippen MR) is 113 cm³/mol. The second-order valence-electron chi connectivity index (χ2n) is 6.49. The highest BCUT2D eigenvalue weighted by Gasteiger charge is 2.45. The summed E-state index contributed by atoms with van der Waals surface area (Å²) in [5.41, 5.74) is 0.195. The summed E-state index contributed by atoms with van der Waals surface area (Å²) >= 11 is 7.39. The van der Waals surface area contributed by atoms with Gasteiger partial charge in [-0.25, -0.2) is 4.39 Å². The molecule has 30 heavy (non-hydrogen) atoms. The Kier molecular flexibility index (Phi) is 5.32. The molecule has 1 aliphatic rings. The molecule has 1 aliphatic heterocycles. The highest BCUT2D eigenvalue weighted by Crippen LogP contribution is 2.44. The van der Waals surface area contributed by atoms with Crippen LogP contribution in [0.1, 0.15) is 21.3 Å². The molecule has 1 amide bonds. The van der Waals surface area contributed by atoms with Crippen LogP contribution in [-0.2, 0) is 4.79 Å². The lowest BCUT2D eigenvalue weighted by Gasteiger charge is -2.27. The van der Waals surface area contributed by atoms with E-state index in [1.165, 1.54) is 47.6 Å². The van der Waals surface area contributed by atoms with E-state index in [0.29, 0.717) is 16.3 Å². The number of aliphatic hydroxyl groups excluding tert-OH is 1. The highest BCUT2D eigenvalue weighted by atomic mass is 35.5. The molecule has 152 valence electrons. The first-order chi connectivity index (χ1) is 14.4. The predicted octanol–water partition coefficient (Wildman–Crippen LogP) is 5.33. The van der Waals surface area contributed by atoms with Crippen molar-refractivity contribution in [3.8, 4) is 5.75 Å². The van der Waals surface area contributed by atoms with Crippen molar-refractivity contribution in [2.24, 2.45) is 0 Å². The zero-order chi connectivity index (χ0) is 21.4. The van der Waals surface area contributed by atoms with Gasteiger partial charge in [0.05, 0.1) is 28.6 Å². The van der Waals surface area contributed by atoms with Crippen LogP contribution in [0, 0.1) is 5.82 Å². The molecule has 4 rings (SSSR count). The molecule has 0 radical (unpaired) electrons. The summed E-state index contributed by atoms with van der Waals surface area (Å²) in [5, 5.41) is 12.6. The molecule has 8 heteroatoms. The van der Waals surface area contributed by atoms with Crippen molar-refractivity contribution < 1.29 is 23.8 Å². The third-order valence-corrected chi connectivity index (χ3v) is 5.98. The number of benzene rings is 2. The number of thiophene rings is 1. The summed E-state index contributed by atoms with van der Waals surface area (Å²) in [6.45, 7) is 0. The molecule has 1 aromatic heterocycles. The lowest BCUT2D eigenvalue weighted by Crippen LogP contribution is -2.31. The van der Waals surface area contributed by atoms with Crippen LogP contribution >= 0.6 is 22.9 Å². The van der Waals surface area contributed by atoms with Crippen molar-refractivity contribution in [2.75, 3.05) is 12.0 Å². The van der Waals surface area contributed by atoms with Crippen LogP contribution in [0.5, 0.6) is 5.75 Å². The molecule has 0 saturated heterocycles.